The van der Waals surface area contributed by atoms with Crippen molar-refractivity contribution >= 4 is 0 Å². The van der Waals surface area contributed by atoms with Crippen LogP contribution in [0, 0.1) is 0 Å². The average molecular weight is 352 g/mol. The number of hydrogen-bond donors (Lipinski definition) is 0. The SMILES string of the molecule is COc1ncc(-c2cc(-n3cc(C(F)(F)F)cn3)cnn2)c(OC)n1. The molecule has 0 radical (unpaired) electrons. The molecule has 0 aliphatic carbocycles. The molecule has 0 amide bonds. The molecule has 8 nitrogen and oxygen atoms in total. The Morgan fingerprint density at radius 1 is 1.08 bits per heavy atom. The van der Waals surface area contributed by atoms with Crippen molar-refractivity contribution < 1.29 is 22.6 Å². The van der Waals surface area contributed by atoms with Crippen LogP contribution in [0.4, 0.5) is 13.2 Å². The van der Waals surface area contributed by atoms with Gasteiger partial charge < -0.3 is 9.47 Å². The molecule has 0 fully saturated rings. The number of hydrogen-bond acceptors (Lipinski definition) is 7. The third kappa shape index (κ3) is 3.34. The van der Waals surface area contributed by atoms with Gasteiger partial charge in [0.25, 0.3) is 0 Å². The Labute approximate surface area is 139 Å². The Balaban J connectivity index is 2.01. The molecule has 130 valence electrons. The molecule has 3 rings (SSSR count). The van der Waals surface area contributed by atoms with Gasteiger partial charge in [-0.3, -0.25) is 0 Å². The number of halogens is 3. The summed E-state index contributed by atoms with van der Waals surface area (Å²) in [5.74, 6) is 0.190. The van der Waals surface area contributed by atoms with Gasteiger partial charge >= 0.3 is 12.2 Å². The van der Waals surface area contributed by atoms with E-state index in [1.165, 1.54) is 32.7 Å². The van der Waals surface area contributed by atoms with Crippen LogP contribution in [-0.2, 0) is 6.18 Å². The van der Waals surface area contributed by atoms with Gasteiger partial charge in [-0.05, 0) is 6.07 Å². The molecule has 0 bridgehead atoms. The molecule has 0 aromatic carbocycles. The normalized spacial score (nSPS) is 11.4. The highest BCUT2D eigenvalue weighted by molar-refractivity contribution is 5.65. The van der Waals surface area contributed by atoms with Gasteiger partial charge in [0.15, 0.2) is 0 Å². The van der Waals surface area contributed by atoms with Crippen molar-refractivity contribution in [2.24, 2.45) is 0 Å². The first kappa shape index (κ1) is 16.6. The third-order valence-corrected chi connectivity index (χ3v) is 3.20. The quantitative estimate of drug-likeness (QED) is 0.711. The van der Waals surface area contributed by atoms with Crippen LogP contribution < -0.4 is 9.47 Å². The van der Waals surface area contributed by atoms with E-state index in [2.05, 4.69) is 25.3 Å². The monoisotopic (exact) mass is 352 g/mol. The van der Waals surface area contributed by atoms with Crippen molar-refractivity contribution in [2.45, 2.75) is 6.18 Å². The molecule has 0 spiro atoms. The van der Waals surface area contributed by atoms with E-state index in [0.29, 0.717) is 16.9 Å². The van der Waals surface area contributed by atoms with Crippen molar-refractivity contribution in [1.29, 1.82) is 0 Å². The fraction of sp³-hybridized carbons (Fsp3) is 0.214. The van der Waals surface area contributed by atoms with Gasteiger partial charge in [-0.15, -0.1) is 0 Å². The highest BCUT2D eigenvalue weighted by atomic mass is 19.4. The van der Waals surface area contributed by atoms with Crippen LogP contribution in [0.3, 0.4) is 0 Å². The van der Waals surface area contributed by atoms with Gasteiger partial charge in [0.1, 0.15) is 5.69 Å². The summed E-state index contributed by atoms with van der Waals surface area (Å²) in [6.45, 7) is 0. The zero-order valence-electron chi connectivity index (χ0n) is 13.0. The van der Waals surface area contributed by atoms with Crippen LogP contribution in [0.15, 0.2) is 30.9 Å². The molecule has 0 unspecified atom stereocenters. The maximum Gasteiger partial charge on any atom is 0.419 e. The molecule has 3 heterocycles. The summed E-state index contributed by atoms with van der Waals surface area (Å²) >= 11 is 0. The molecule has 25 heavy (non-hydrogen) atoms. The molecule has 0 aliphatic heterocycles. The fourth-order valence-electron chi connectivity index (χ4n) is 2.00. The minimum Gasteiger partial charge on any atom is -0.480 e. The standard InChI is InChI=1S/C14H11F3N6O2/c1-24-12-10(6-18-13(21-12)25-2)11-3-9(5-19-22-11)23-7-8(4-20-23)14(15,16)17/h3-7H,1-2H3. The van der Waals surface area contributed by atoms with Crippen molar-refractivity contribution in [3.8, 4) is 28.8 Å². The molecule has 3 aromatic heterocycles. The molecular weight excluding hydrogens is 341 g/mol. The molecular formula is C14H11F3N6O2. The second-order valence-electron chi connectivity index (χ2n) is 4.75. The zero-order chi connectivity index (χ0) is 18.0. The number of alkyl halides is 3. The van der Waals surface area contributed by atoms with Gasteiger partial charge in [-0.1, -0.05) is 0 Å². The molecule has 0 saturated carbocycles. The van der Waals surface area contributed by atoms with Gasteiger partial charge in [0, 0.05) is 12.4 Å². The highest BCUT2D eigenvalue weighted by Gasteiger charge is 2.32. The number of nitrogens with zero attached hydrogens (tertiary/aromatic N) is 6. The molecule has 0 atom stereocenters. The van der Waals surface area contributed by atoms with Crippen LogP contribution in [0.25, 0.3) is 16.9 Å². The van der Waals surface area contributed by atoms with Gasteiger partial charge in [-0.2, -0.15) is 33.5 Å². The van der Waals surface area contributed by atoms with E-state index in [4.69, 9.17) is 9.47 Å². The van der Waals surface area contributed by atoms with E-state index < -0.39 is 11.7 Å². The van der Waals surface area contributed by atoms with E-state index in [1.54, 1.807) is 0 Å². The summed E-state index contributed by atoms with van der Waals surface area (Å²) in [4.78, 5) is 8.00. The van der Waals surface area contributed by atoms with Gasteiger partial charge in [-0.25, -0.2) is 9.67 Å². The maximum absolute atomic E-state index is 12.7. The van der Waals surface area contributed by atoms with Crippen molar-refractivity contribution in [2.75, 3.05) is 14.2 Å². The highest BCUT2D eigenvalue weighted by Crippen LogP contribution is 2.30. The lowest BCUT2D eigenvalue weighted by atomic mass is 10.2. The molecule has 3 aromatic rings. The lowest BCUT2D eigenvalue weighted by molar-refractivity contribution is -0.137. The second-order valence-corrected chi connectivity index (χ2v) is 4.75. The summed E-state index contributed by atoms with van der Waals surface area (Å²) in [5, 5.41) is 11.4. The Bertz CT molecular complexity index is 896. The molecule has 0 aliphatic rings. The molecule has 11 heteroatoms. The van der Waals surface area contributed by atoms with E-state index in [0.717, 1.165) is 17.1 Å². The summed E-state index contributed by atoms with van der Waals surface area (Å²) in [6.07, 6.45) is -0.176. The minimum atomic E-state index is -4.48. The Morgan fingerprint density at radius 2 is 1.88 bits per heavy atom. The Kier molecular flexibility index (Phi) is 4.21. The Hall–Kier alpha value is -3.24. The smallest absolute Gasteiger partial charge is 0.419 e. The first-order valence-corrected chi connectivity index (χ1v) is 6.82. The topological polar surface area (TPSA) is 87.8 Å². The fourth-order valence-corrected chi connectivity index (χ4v) is 2.00. The van der Waals surface area contributed by atoms with Crippen LogP contribution in [0.5, 0.6) is 11.9 Å². The lowest BCUT2D eigenvalue weighted by Gasteiger charge is -2.08. The third-order valence-electron chi connectivity index (χ3n) is 3.20. The van der Waals surface area contributed by atoms with E-state index in [9.17, 15) is 13.2 Å². The van der Waals surface area contributed by atoms with Crippen LogP contribution >= 0.6 is 0 Å². The predicted molar refractivity (Wildman–Crippen MR) is 78.3 cm³/mol. The van der Waals surface area contributed by atoms with Crippen molar-refractivity contribution in [3.05, 3.63) is 36.4 Å². The van der Waals surface area contributed by atoms with E-state index >= 15 is 0 Å². The zero-order valence-corrected chi connectivity index (χ0v) is 13.0. The van der Waals surface area contributed by atoms with Crippen molar-refractivity contribution in [3.63, 3.8) is 0 Å². The first-order valence-electron chi connectivity index (χ1n) is 6.82. The van der Waals surface area contributed by atoms with Crippen LogP contribution in [0.2, 0.25) is 0 Å². The Morgan fingerprint density at radius 3 is 2.52 bits per heavy atom. The summed E-state index contributed by atoms with van der Waals surface area (Å²) in [7, 11) is 2.82. The minimum absolute atomic E-state index is 0.103. The predicted octanol–water partition coefficient (Wildman–Crippen LogP) is 2.16. The molecule has 0 N–H and O–H groups in total. The summed E-state index contributed by atoms with van der Waals surface area (Å²) < 4.78 is 49.3. The number of ether oxygens (including phenoxy) is 2. The van der Waals surface area contributed by atoms with E-state index in [-0.39, 0.29) is 11.9 Å². The number of methoxy groups -OCH3 is 2. The summed E-state index contributed by atoms with van der Waals surface area (Å²) in [5.41, 5.74) is 0.136. The first-order chi connectivity index (χ1) is 11.9. The average Bonchev–Trinajstić information content (AvgIpc) is 3.12. The summed E-state index contributed by atoms with van der Waals surface area (Å²) in [6, 6.07) is 1.60. The van der Waals surface area contributed by atoms with Gasteiger partial charge in [0.2, 0.25) is 5.88 Å². The number of aromatic nitrogens is 6. The van der Waals surface area contributed by atoms with Crippen LogP contribution in [-0.4, -0.2) is 44.2 Å². The van der Waals surface area contributed by atoms with Gasteiger partial charge in [0.05, 0.1) is 43.4 Å². The maximum atomic E-state index is 12.7. The second kappa shape index (κ2) is 6.34. The van der Waals surface area contributed by atoms with Crippen molar-refractivity contribution in [1.82, 2.24) is 29.9 Å². The molecule has 0 saturated heterocycles. The van der Waals surface area contributed by atoms with Crippen LogP contribution in [0.1, 0.15) is 5.56 Å². The lowest BCUT2D eigenvalue weighted by Crippen LogP contribution is -2.03. The van der Waals surface area contributed by atoms with E-state index in [1.807, 2.05) is 0 Å². The number of rotatable bonds is 4. The largest absolute Gasteiger partial charge is 0.480 e.